The summed E-state index contributed by atoms with van der Waals surface area (Å²) < 4.78 is 55.5. The van der Waals surface area contributed by atoms with Gasteiger partial charge in [0.05, 0.1) is 18.6 Å². The van der Waals surface area contributed by atoms with E-state index in [9.17, 15) is 13.2 Å². The molecule has 2 N–H and O–H groups in total. The molecular weight excluding hydrogens is 483 g/mol. The lowest BCUT2D eigenvalue weighted by Gasteiger charge is -2.42. The molecule has 0 radical (unpaired) electrons. The zero-order chi connectivity index (χ0) is 25.6. The molecule has 1 saturated carbocycles. The second-order valence-corrected chi connectivity index (χ2v) is 12.3. The summed E-state index contributed by atoms with van der Waals surface area (Å²) in [6, 6.07) is 13.6. The molecule has 2 unspecified atom stereocenters. The number of carbonyl (C=O) groups is 1. The van der Waals surface area contributed by atoms with E-state index in [1.807, 2.05) is 37.3 Å². The van der Waals surface area contributed by atoms with Crippen LogP contribution in [-0.2, 0) is 36.3 Å². The first-order valence-corrected chi connectivity index (χ1v) is 14.1. The van der Waals surface area contributed by atoms with Crippen molar-refractivity contribution in [2.24, 2.45) is 5.73 Å². The van der Waals surface area contributed by atoms with Crippen LogP contribution in [0, 0.1) is 5.82 Å². The lowest BCUT2D eigenvalue weighted by Crippen LogP contribution is -2.49. The summed E-state index contributed by atoms with van der Waals surface area (Å²) in [5.74, 6) is -1.71. The van der Waals surface area contributed by atoms with E-state index in [2.05, 4.69) is 0 Å². The van der Waals surface area contributed by atoms with Gasteiger partial charge in [-0.25, -0.2) is 12.8 Å². The first-order valence-electron chi connectivity index (χ1n) is 12.6. The number of rotatable bonds is 5. The summed E-state index contributed by atoms with van der Waals surface area (Å²) in [7, 11) is -3.69. The maximum Gasteiger partial charge on any atom is 0.228 e. The van der Waals surface area contributed by atoms with Crippen LogP contribution in [0.4, 0.5) is 4.39 Å². The summed E-state index contributed by atoms with van der Waals surface area (Å²) in [6.07, 6.45) is 3.03. The number of nitrogens with two attached hydrogens (primary N) is 1. The van der Waals surface area contributed by atoms with E-state index in [1.165, 1.54) is 10.4 Å². The van der Waals surface area contributed by atoms with Crippen LogP contribution in [0.2, 0.25) is 0 Å². The predicted octanol–water partition coefficient (Wildman–Crippen LogP) is 3.92. The molecule has 2 atom stereocenters. The van der Waals surface area contributed by atoms with Crippen LogP contribution in [-0.4, -0.2) is 43.7 Å². The van der Waals surface area contributed by atoms with Gasteiger partial charge in [-0.2, -0.15) is 4.31 Å². The van der Waals surface area contributed by atoms with E-state index in [0.29, 0.717) is 57.3 Å². The SMILES string of the molecule is CC1CCC(c2ccccc2)S(=O)(=O)N1Cc1ccc(C2(C(N)=O)CCC3(CC2)OCCO3)cc1F. The Bertz CT molecular complexity index is 1220. The topological polar surface area (TPSA) is 98.9 Å². The van der Waals surface area contributed by atoms with Crippen molar-refractivity contribution in [2.75, 3.05) is 13.2 Å². The minimum atomic E-state index is -3.69. The molecule has 1 amide bonds. The average Bonchev–Trinajstić information content (AvgIpc) is 3.31. The van der Waals surface area contributed by atoms with Crippen molar-refractivity contribution in [1.82, 2.24) is 4.31 Å². The molecule has 2 aromatic rings. The molecule has 9 heteroatoms. The molecule has 36 heavy (non-hydrogen) atoms. The molecule has 7 nitrogen and oxygen atoms in total. The molecule has 3 fully saturated rings. The van der Waals surface area contributed by atoms with Gasteiger partial charge in [0.25, 0.3) is 0 Å². The van der Waals surface area contributed by atoms with E-state index in [-0.39, 0.29) is 18.2 Å². The van der Waals surface area contributed by atoms with E-state index < -0.39 is 38.2 Å². The highest BCUT2D eigenvalue weighted by Crippen LogP contribution is 2.47. The number of hydrogen-bond acceptors (Lipinski definition) is 5. The number of halogens is 1. The molecule has 3 aliphatic rings. The number of primary amides is 1. The van der Waals surface area contributed by atoms with Crippen molar-refractivity contribution in [3.63, 3.8) is 0 Å². The Balaban J connectivity index is 1.39. The Morgan fingerprint density at radius 2 is 1.72 bits per heavy atom. The van der Waals surface area contributed by atoms with Gasteiger partial charge in [0, 0.05) is 31.0 Å². The van der Waals surface area contributed by atoms with Gasteiger partial charge in [-0.05, 0) is 49.8 Å². The molecule has 2 saturated heterocycles. The fraction of sp³-hybridized carbons (Fsp3) is 0.519. The third-order valence-electron chi connectivity index (χ3n) is 8.28. The van der Waals surface area contributed by atoms with E-state index in [4.69, 9.17) is 15.2 Å². The highest BCUT2D eigenvalue weighted by Gasteiger charge is 2.50. The van der Waals surface area contributed by atoms with Gasteiger partial charge in [-0.3, -0.25) is 4.79 Å². The predicted molar refractivity (Wildman–Crippen MR) is 133 cm³/mol. The van der Waals surface area contributed by atoms with Crippen LogP contribution in [0.1, 0.15) is 67.4 Å². The molecule has 0 bridgehead atoms. The van der Waals surface area contributed by atoms with Crippen molar-refractivity contribution in [2.45, 2.75) is 74.5 Å². The highest BCUT2D eigenvalue weighted by molar-refractivity contribution is 7.89. The first kappa shape index (κ1) is 25.3. The van der Waals surface area contributed by atoms with Crippen molar-refractivity contribution in [1.29, 1.82) is 0 Å². The van der Waals surface area contributed by atoms with Crippen LogP contribution >= 0.6 is 0 Å². The Morgan fingerprint density at radius 1 is 1.06 bits per heavy atom. The van der Waals surface area contributed by atoms with Crippen LogP contribution in [0.15, 0.2) is 48.5 Å². The van der Waals surface area contributed by atoms with E-state index >= 15 is 4.39 Å². The van der Waals surface area contributed by atoms with Crippen LogP contribution < -0.4 is 5.73 Å². The van der Waals surface area contributed by atoms with Crippen LogP contribution in [0.3, 0.4) is 0 Å². The lowest BCUT2D eigenvalue weighted by molar-refractivity contribution is -0.186. The summed E-state index contributed by atoms with van der Waals surface area (Å²) in [5, 5.41) is -0.648. The minimum absolute atomic E-state index is 0.0622. The number of sulfonamides is 1. The van der Waals surface area contributed by atoms with Crippen molar-refractivity contribution < 1.29 is 27.1 Å². The molecule has 194 valence electrons. The van der Waals surface area contributed by atoms with Gasteiger partial charge >= 0.3 is 0 Å². The molecule has 2 aromatic carbocycles. The molecule has 1 aliphatic carbocycles. The Kier molecular flexibility index (Phi) is 6.70. The highest BCUT2D eigenvalue weighted by atomic mass is 32.2. The monoisotopic (exact) mass is 516 g/mol. The van der Waals surface area contributed by atoms with Crippen LogP contribution in [0.25, 0.3) is 0 Å². The Morgan fingerprint density at radius 3 is 2.33 bits per heavy atom. The summed E-state index contributed by atoms with van der Waals surface area (Å²) in [4.78, 5) is 12.6. The normalized spacial score (nSPS) is 27.2. The third kappa shape index (κ3) is 4.36. The molecule has 0 aromatic heterocycles. The summed E-state index contributed by atoms with van der Waals surface area (Å²) >= 11 is 0. The largest absolute Gasteiger partial charge is 0.369 e. The molecule has 1 spiro atoms. The number of amides is 1. The van der Waals surface area contributed by atoms with E-state index in [1.54, 1.807) is 12.1 Å². The summed E-state index contributed by atoms with van der Waals surface area (Å²) in [6.45, 7) is 2.84. The molecular formula is C27H33FN2O5S. The number of hydrogen-bond donors (Lipinski definition) is 1. The number of benzene rings is 2. The second-order valence-electron chi connectivity index (χ2n) is 10.3. The number of carbonyl (C=O) groups excluding carboxylic acids is 1. The van der Waals surface area contributed by atoms with Gasteiger partial charge in [0.2, 0.25) is 15.9 Å². The maximum atomic E-state index is 15.5. The fourth-order valence-corrected chi connectivity index (χ4v) is 8.20. The quantitative estimate of drug-likeness (QED) is 0.650. The van der Waals surface area contributed by atoms with Gasteiger partial charge in [-0.15, -0.1) is 0 Å². The van der Waals surface area contributed by atoms with Crippen molar-refractivity contribution in [3.05, 3.63) is 71.0 Å². The zero-order valence-electron chi connectivity index (χ0n) is 20.5. The molecule has 5 rings (SSSR count). The van der Waals surface area contributed by atoms with E-state index in [0.717, 1.165) is 5.56 Å². The maximum absolute atomic E-state index is 15.5. The minimum Gasteiger partial charge on any atom is -0.369 e. The standard InChI is InChI=1S/C27H33FN2O5S/c1-19-7-10-24(20-5-3-2-4-6-20)36(32,33)30(19)18-21-8-9-22(17-23(21)28)26(25(29)31)11-13-27(14-12-26)34-15-16-35-27/h2-6,8-9,17,19,24H,7,10-16,18H2,1H3,(H2,29,31). The number of ether oxygens (including phenoxy) is 2. The van der Waals surface area contributed by atoms with Gasteiger partial charge in [0.1, 0.15) is 11.1 Å². The van der Waals surface area contributed by atoms with Crippen molar-refractivity contribution >= 4 is 15.9 Å². The second kappa shape index (κ2) is 9.52. The molecule has 2 heterocycles. The van der Waals surface area contributed by atoms with Gasteiger partial charge in [0.15, 0.2) is 5.79 Å². The summed E-state index contributed by atoms with van der Waals surface area (Å²) in [5.41, 5.74) is 6.38. The van der Waals surface area contributed by atoms with Crippen LogP contribution in [0.5, 0.6) is 0 Å². The van der Waals surface area contributed by atoms with Gasteiger partial charge in [-0.1, -0.05) is 42.5 Å². The smallest absolute Gasteiger partial charge is 0.228 e. The number of nitrogens with zero attached hydrogens (tertiary/aromatic N) is 1. The van der Waals surface area contributed by atoms with Gasteiger partial charge < -0.3 is 15.2 Å². The Hall–Kier alpha value is -2.33. The lowest BCUT2D eigenvalue weighted by atomic mass is 9.67. The Labute approximate surface area is 211 Å². The first-order chi connectivity index (χ1) is 17.2. The average molecular weight is 517 g/mol. The zero-order valence-corrected chi connectivity index (χ0v) is 21.3. The van der Waals surface area contributed by atoms with Crippen molar-refractivity contribution in [3.8, 4) is 0 Å². The molecule has 2 aliphatic heterocycles. The fourth-order valence-electron chi connectivity index (χ4n) is 6.01. The third-order valence-corrected chi connectivity index (χ3v) is 10.6.